The van der Waals surface area contributed by atoms with Crippen molar-refractivity contribution in [2.24, 2.45) is 5.92 Å². The number of nitrogens with one attached hydrogen (secondary N) is 1. The summed E-state index contributed by atoms with van der Waals surface area (Å²) in [4.78, 5) is 20.4. The monoisotopic (exact) mass is 417 g/mol. The van der Waals surface area contributed by atoms with Crippen LogP contribution in [-0.2, 0) is 17.5 Å². The second-order valence-electron chi connectivity index (χ2n) is 6.52. The van der Waals surface area contributed by atoms with Gasteiger partial charge in [0.25, 0.3) is 0 Å². The topological polar surface area (TPSA) is 45.2 Å². The summed E-state index contributed by atoms with van der Waals surface area (Å²) >= 11 is 7.66. The highest BCUT2D eigenvalue weighted by Crippen LogP contribution is 2.34. The van der Waals surface area contributed by atoms with Crippen LogP contribution >= 0.6 is 22.9 Å². The van der Waals surface area contributed by atoms with E-state index in [1.165, 1.54) is 4.88 Å². The van der Waals surface area contributed by atoms with Gasteiger partial charge in [-0.05, 0) is 38.0 Å². The highest BCUT2D eigenvalue weighted by molar-refractivity contribution is 7.11. The van der Waals surface area contributed by atoms with Crippen LogP contribution in [0.1, 0.15) is 28.2 Å². The number of amides is 1. The molecule has 0 spiro atoms. The predicted octanol–water partition coefficient (Wildman–Crippen LogP) is 4.66. The summed E-state index contributed by atoms with van der Waals surface area (Å²) in [6.45, 7) is 3.58. The molecule has 1 N–H and O–H groups in total. The van der Waals surface area contributed by atoms with Gasteiger partial charge in [0.05, 0.1) is 17.1 Å². The second kappa shape index (κ2) is 8.06. The van der Waals surface area contributed by atoms with Crippen LogP contribution < -0.4 is 10.2 Å². The normalized spacial score (nSPS) is 15.8. The largest absolute Gasteiger partial charge is 0.417 e. The quantitative estimate of drug-likeness (QED) is 0.787. The lowest BCUT2D eigenvalue weighted by Crippen LogP contribution is -2.40. The van der Waals surface area contributed by atoms with Gasteiger partial charge in [0.2, 0.25) is 5.91 Å². The molecule has 9 heteroatoms. The third-order valence-corrected chi connectivity index (χ3v) is 5.83. The lowest BCUT2D eigenvalue weighted by Gasteiger charge is -2.32. The Labute approximate surface area is 164 Å². The number of nitrogens with zero attached hydrogens (tertiary/aromatic N) is 2. The van der Waals surface area contributed by atoms with E-state index < -0.39 is 11.7 Å². The Morgan fingerprint density at radius 3 is 2.63 bits per heavy atom. The zero-order valence-electron chi connectivity index (χ0n) is 14.6. The summed E-state index contributed by atoms with van der Waals surface area (Å²) in [7, 11) is 0. The Morgan fingerprint density at radius 1 is 1.37 bits per heavy atom. The van der Waals surface area contributed by atoms with Gasteiger partial charge < -0.3 is 10.2 Å². The van der Waals surface area contributed by atoms with Crippen LogP contribution in [0.4, 0.5) is 19.0 Å². The Bertz CT molecular complexity index is 816. The van der Waals surface area contributed by atoms with Crippen molar-refractivity contribution >= 4 is 34.7 Å². The molecule has 146 valence electrons. The van der Waals surface area contributed by atoms with Crippen LogP contribution in [-0.4, -0.2) is 24.0 Å². The predicted molar refractivity (Wildman–Crippen MR) is 100 cm³/mol. The third-order valence-electron chi connectivity index (χ3n) is 4.55. The van der Waals surface area contributed by atoms with Gasteiger partial charge in [0.15, 0.2) is 0 Å². The smallest absolute Gasteiger partial charge is 0.355 e. The van der Waals surface area contributed by atoms with E-state index in [2.05, 4.69) is 10.3 Å². The summed E-state index contributed by atoms with van der Waals surface area (Å²) in [5, 5.41) is 2.93. The van der Waals surface area contributed by atoms with Gasteiger partial charge in [-0.1, -0.05) is 11.6 Å². The van der Waals surface area contributed by atoms with Crippen molar-refractivity contribution in [1.82, 2.24) is 10.3 Å². The molecule has 2 aromatic rings. The standard InChI is InChI=1S/C18H19ClF3N3OS/c1-11-2-3-14(27-11)10-24-17(26)12-4-6-25(7-5-12)16-15(19)8-13(9-23-16)18(20,21)22/h2-3,8-9,12H,4-7,10H2,1H3,(H,24,26). The molecule has 1 saturated heterocycles. The molecule has 1 aliphatic heterocycles. The molecule has 3 rings (SSSR count). The molecule has 0 aliphatic carbocycles. The lowest BCUT2D eigenvalue weighted by atomic mass is 9.96. The molecular formula is C18H19ClF3N3OS. The Morgan fingerprint density at radius 2 is 2.07 bits per heavy atom. The number of aryl methyl sites for hydroxylation is 1. The fraction of sp³-hybridized carbons (Fsp3) is 0.444. The lowest BCUT2D eigenvalue weighted by molar-refractivity contribution is -0.137. The van der Waals surface area contributed by atoms with E-state index in [0.29, 0.717) is 38.3 Å². The molecular weight excluding hydrogens is 399 g/mol. The number of piperidine rings is 1. The van der Waals surface area contributed by atoms with Crippen molar-refractivity contribution in [3.63, 3.8) is 0 Å². The maximum atomic E-state index is 12.7. The molecule has 0 saturated carbocycles. The highest BCUT2D eigenvalue weighted by Gasteiger charge is 2.33. The van der Waals surface area contributed by atoms with Gasteiger partial charge in [-0.3, -0.25) is 4.79 Å². The fourth-order valence-electron chi connectivity index (χ4n) is 3.07. The molecule has 4 nitrogen and oxygen atoms in total. The maximum Gasteiger partial charge on any atom is 0.417 e. The maximum absolute atomic E-state index is 12.7. The van der Waals surface area contributed by atoms with E-state index >= 15 is 0 Å². The number of hydrogen-bond acceptors (Lipinski definition) is 4. The highest BCUT2D eigenvalue weighted by atomic mass is 35.5. The zero-order valence-corrected chi connectivity index (χ0v) is 16.2. The number of thiophene rings is 1. The van der Waals surface area contributed by atoms with E-state index in [4.69, 9.17) is 11.6 Å². The number of aromatic nitrogens is 1. The van der Waals surface area contributed by atoms with Crippen molar-refractivity contribution in [3.05, 3.63) is 44.7 Å². The first-order valence-corrected chi connectivity index (χ1v) is 9.74. The molecule has 0 atom stereocenters. The summed E-state index contributed by atoms with van der Waals surface area (Å²) in [6, 6.07) is 4.91. The van der Waals surface area contributed by atoms with Crippen molar-refractivity contribution < 1.29 is 18.0 Å². The molecule has 0 aromatic carbocycles. The first kappa shape index (κ1) is 19.9. The molecule has 1 fully saturated rings. The van der Waals surface area contributed by atoms with Crippen LogP contribution in [0.25, 0.3) is 0 Å². The zero-order chi connectivity index (χ0) is 19.6. The number of pyridine rings is 1. The Hall–Kier alpha value is -1.80. The summed E-state index contributed by atoms with van der Waals surface area (Å²) in [5.74, 6) is 0.222. The van der Waals surface area contributed by atoms with Gasteiger partial charge in [-0.15, -0.1) is 11.3 Å². The van der Waals surface area contributed by atoms with Crippen LogP contribution in [0.15, 0.2) is 24.4 Å². The number of anilines is 1. The molecule has 0 unspecified atom stereocenters. The van der Waals surface area contributed by atoms with E-state index in [-0.39, 0.29) is 16.8 Å². The van der Waals surface area contributed by atoms with Crippen molar-refractivity contribution in [1.29, 1.82) is 0 Å². The SMILES string of the molecule is Cc1ccc(CNC(=O)C2CCN(c3ncc(C(F)(F)F)cc3Cl)CC2)s1. The first-order chi connectivity index (χ1) is 12.7. The van der Waals surface area contributed by atoms with Crippen LogP contribution in [0.5, 0.6) is 0 Å². The van der Waals surface area contributed by atoms with E-state index in [1.54, 1.807) is 11.3 Å². The third kappa shape index (κ3) is 4.93. The minimum Gasteiger partial charge on any atom is -0.355 e. The number of alkyl halides is 3. The number of hydrogen-bond donors (Lipinski definition) is 1. The molecule has 0 radical (unpaired) electrons. The van der Waals surface area contributed by atoms with E-state index in [1.807, 2.05) is 24.0 Å². The second-order valence-corrected chi connectivity index (χ2v) is 8.30. The molecule has 0 bridgehead atoms. The van der Waals surface area contributed by atoms with Crippen molar-refractivity contribution in [3.8, 4) is 0 Å². The van der Waals surface area contributed by atoms with Crippen LogP contribution in [0.3, 0.4) is 0 Å². The minimum absolute atomic E-state index is 0.00665. The number of carbonyl (C=O) groups excluding carboxylic acids is 1. The first-order valence-electron chi connectivity index (χ1n) is 8.55. The van der Waals surface area contributed by atoms with Gasteiger partial charge in [-0.25, -0.2) is 4.98 Å². The van der Waals surface area contributed by atoms with Gasteiger partial charge >= 0.3 is 6.18 Å². The molecule has 3 heterocycles. The van der Waals surface area contributed by atoms with E-state index in [9.17, 15) is 18.0 Å². The van der Waals surface area contributed by atoms with Crippen molar-refractivity contribution in [2.75, 3.05) is 18.0 Å². The van der Waals surface area contributed by atoms with Gasteiger partial charge in [0, 0.05) is 35.0 Å². The number of halogens is 4. The Kier molecular flexibility index (Phi) is 5.95. The molecule has 27 heavy (non-hydrogen) atoms. The minimum atomic E-state index is -4.47. The molecule has 1 aliphatic rings. The van der Waals surface area contributed by atoms with Gasteiger partial charge in [-0.2, -0.15) is 13.2 Å². The van der Waals surface area contributed by atoms with Crippen molar-refractivity contribution in [2.45, 2.75) is 32.5 Å². The average Bonchev–Trinajstić information content (AvgIpc) is 3.04. The molecule has 1 amide bonds. The fourth-order valence-corrected chi connectivity index (χ4v) is 4.19. The van der Waals surface area contributed by atoms with Crippen LogP contribution in [0, 0.1) is 12.8 Å². The number of rotatable bonds is 4. The van der Waals surface area contributed by atoms with E-state index in [0.717, 1.165) is 17.1 Å². The number of carbonyl (C=O) groups is 1. The Balaban J connectivity index is 1.54. The summed E-state index contributed by atoms with van der Waals surface area (Å²) in [6.07, 6.45) is -2.47. The molecule has 2 aromatic heterocycles. The summed E-state index contributed by atoms with van der Waals surface area (Å²) < 4.78 is 38.2. The average molecular weight is 418 g/mol. The van der Waals surface area contributed by atoms with Gasteiger partial charge in [0.1, 0.15) is 5.82 Å². The van der Waals surface area contributed by atoms with Crippen LogP contribution in [0.2, 0.25) is 5.02 Å². The summed E-state index contributed by atoms with van der Waals surface area (Å²) in [5.41, 5.74) is -0.866.